The molecular formula is C25H32N2O7. The van der Waals surface area contributed by atoms with E-state index in [-0.39, 0.29) is 73.2 Å². The summed E-state index contributed by atoms with van der Waals surface area (Å²) in [5, 5.41) is 23.6. The summed E-state index contributed by atoms with van der Waals surface area (Å²) in [6.07, 6.45) is 7.52. The summed E-state index contributed by atoms with van der Waals surface area (Å²) in [7, 11) is 0. The van der Waals surface area contributed by atoms with Gasteiger partial charge in [0.05, 0.1) is 18.8 Å². The van der Waals surface area contributed by atoms with Gasteiger partial charge in [-0.3, -0.25) is 14.4 Å². The maximum Gasteiger partial charge on any atom is 0.303 e. The van der Waals surface area contributed by atoms with Gasteiger partial charge < -0.3 is 30.3 Å². The predicted octanol–water partition coefficient (Wildman–Crippen LogP) is 1.54. The van der Waals surface area contributed by atoms with Gasteiger partial charge in [-0.05, 0) is 49.3 Å². The molecule has 184 valence electrons. The zero-order valence-corrected chi connectivity index (χ0v) is 19.0. The number of aliphatic carboxylic acids is 1. The number of phenolic OH excluding ortho intramolecular Hbond substituents is 1. The SMILES string of the molecule is O=C(O)CCCC=CC[C@H]1[C@@H](CNC(=O)CNC(=O)CCc2ccc(O)cc2)[C@@H]2O[C@H]1[C@@H]1O[C@@H]12. The normalized spacial score (nSPS) is 28.6. The molecule has 0 aromatic heterocycles. The molecule has 3 saturated heterocycles. The Balaban J connectivity index is 1.16. The zero-order valence-electron chi connectivity index (χ0n) is 19.0. The second-order valence-corrected chi connectivity index (χ2v) is 9.20. The molecule has 0 aliphatic carbocycles. The van der Waals surface area contributed by atoms with Crippen LogP contribution >= 0.6 is 0 Å². The Kier molecular flexibility index (Phi) is 7.84. The van der Waals surface area contributed by atoms with Crippen LogP contribution in [0.1, 0.15) is 37.7 Å². The van der Waals surface area contributed by atoms with Crippen LogP contribution < -0.4 is 10.6 Å². The molecule has 0 spiro atoms. The molecule has 3 aliphatic heterocycles. The number of epoxide rings is 1. The average Bonchev–Trinajstić information content (AvgIpc) is 3.44. The number of amides is 2. The van der Waals surface area contributed by atoms with E-state index in [9.17, 15) is 19.5 Å². The van der Waals surface area contributed by atoms with E-state index in [0.717, 1.165) is 18.4 Å². The molecule has 1 aromatic carbocycles. The summed E-state index contributed by atoms with van der Waals surface area (Å²) in [5.74, 6) is -0.653. The fraction of sp³-hybridized carbons (Fsp3) is 0.560. The van der Waals surface area contributed by atoms with Gasteiger partial charge >= 0.3 is 5.97 Å². The van der Waals surface area contributed by atoms with Crippen LogP contribution in [0.25, 0.3) is 0 Å². The molecule has 4 N–H and O–H groups in total. The Labute approximate surface area is 198 Å². The zero-order chi connectivity index (χ0) is 24.1. The molecule has 3 fully saturated rings. The number of hydrogen-bond donors (Lipinski definition) is 4. The molecule has 1 aromatic rings. The number of rotatable bonds is 13. The molecule has 0 saturated carbocycles. The number of benzene rings is 1. The Bertz CT molecular complexity index is 916. The van der Waals surface area contributed by atoms with E-state index in [1.165, 1.54) is 0 Å². The van der Waals surface area contributed by atoms with Gasteiger partial charge in [0.1, 0.15) is 18.0 Å². The Morgan fingerprint density at radius 1 is 0.882 bits per heavy atom. The summed E-state index contributed by atoms with van der Waals surface area (Å²) < 4.78 is 11.8. The first-order valence-corrected chi connectivity index (χ1v) is 11.9. The van der Waals surface area contributed by atoms with Gasteiger partial charge in [-0.25, -0.2) is 0 Å². The number of carbonyl (C=O) groups excluding carboxylic acids is 2. The van der Waals surface area contributed by atoms with Gasteiger partial charge in [0.2, 0.25) is 11.8 Å². The van der Waals surface area contributed by atoms with Crippen molar-refractivity contribution in [1.82, 2.24) is 10.6 Å². The molecule has 0 unspecified atom stereocenters. The van der Waals surface area contributed by atoms with Gasteiger partial charge in [0.25, 0.3) is 0 Å². The summed E-state index contributed by atoms with van der Waals surface area (Å²) in [6.45, 7) is 0.389. The number of phenols is 1. The van der Waals surface area contributed by atoms with Crippen molar-refractivity contribution in [3.8, 4) is 5.75 Å². The molecule has 9 heteroatoms. The lowest BCUT2D eigenvalue weighted by atomic mass is 9.77. The number of allylic oxidation sites excluding steroid dienone is 2. The second-order valence-electron chi connectivity index (χ2n) is 9.20. The highest BCUT2D eigenvalue weighted by Crippen LogP contribution is 2.54. The van der Waals surface area contributed by atoms with Gasteiger partial charge in [-0.15, -0.1) is 0 Å². The van der Waals surface area contributed by atoms with Gasteiger partial charge in [0, 0.05) is 25.3 Å². The van der Waals surface area contributed by atoms with E-state index in [1.807, 2.05) is 6.08 Å². The number of hydrogen-bond acceptors (Lipinski definition) is 6. The first-order chi connectivity index (χ1) is 16.4. The molecule has 0 radical (unpaired) electrons. The predicted molar refractivity (Wildman–Crippen MR) is 122 cm³/mol. The van der Waals surface area contributed by atoms with Gasteiger partial charge in [0.15, 0.2) is 0 Å². The van der Waals surface area contributed by atoms with Crippen LogP contribution in [0.3, 0.4) is 0 Å². The molecule has 2 amide bonds. The largest absolute Gasteiger partial charge is 0.508 e. The number of carboxylic acid groups (broad SMARTS) is 1. The van der Waals surface area contributed by atoms with E-state index in [2.05, 4.69) is 16.7 Å². The summed E-state index contributed by atoms with van der Waals surface area (Å²) in [5.41, 5.74) is 0.941. The number of aromatic hydroxyl groups is 1. The summed E-state index contributed by atoms with van der Waals surface area (Å²) >= 11 is 0. The lowest BCUT2D eigenvalue weighted by Crippen LogP contribution is -2.44. The van der Waals surface area contributed by atoms with Crippen molar-refractivity contribution in [2.75, 3.05) is 13.1 Å². The van der Waals surface area contributed by atoms with Crippen LogP contribution in [0.15, 0.2) is 36.4 Å². The quantitative estimate of drug-likeness (QED) is 0.194. The number of nitrogens with one attached hydrogen (secondary N) is 2. The third-order valence-electron chi connectivity index (χ3n) is 6.81. The topological polar surface area (TPSA) is 137 Å². The van der Waals surface area contributed by atoms with E-state index in [4.69, 9.17) is 14.6 Å². The fourth-order valence-electron chi connectivity index (χ4n) is 4.98. The number of ether oxygens (including phenoxy) is 2. The Hall–Kier alpha value is -2.91. The standard InChI is InChI=1S/C25H32N2O7/c28-16-10-7-15(8-11-16)9-12-19(29)27-14-20(30)26-13-18-17(5-3-1-2-4-6-21(31)32)22-24-25(34-24)23(18)33-22/h1,3,7-8,10-11,17-18,22-25,28H,2,4-6,9,12-14H2,(H,26,30)(H,27,29)(H,31,32)/t17-,18+,22+,23-,24-,25+/m0/s1. The highest BCUT2D eigenvalue weighted by molar-refractivity contribution is 5.84. The van der Waals surface area contributed by atoms with Crippen LogP contribution in [0.5, 0.6) is 5.75 Å². The molecule has 2 bridgehead atoms. The van der Waals surface area contributed by atoms with Gasteiger partial charge in [-0.1, -0.05) is 24.3 Å². The number of fused-ring (bicyclic) bond motifs is 5. The van der Waals surface area contributed by atoms with Crippen molar-refractivity contribution in [2.45, 2.75) is 62.9 Å². The lowest BCUT2D eigenvalue weighted by molar-refractivity contribution is -0.137. The minimum Gasteiger partial charge on any atom is -0.508 e. The van der Waals surface area contributed by atoms with E-state index < -0.39 is 5.97 Å². The first kappa shape index (κ1) is 24.2. The maximum absolute atomic E-state index is 12.3. The smallest absolute Gasteiger partial charge is 0.303 e. The second kappa shape index (κ2) is 11.0. The van der Waals surface area contributed by atoms with Crippen LogP contribution in [-0.2, 0) is 30.3 Å². The summed E-state index contributed by atoms with van der Waals surface area (Å²) in [4.78, 5) is 35.0. The molecule has 3 heterocycles. The lowest BCUT2D eigenvalue weighted by Gasteiger charge is -2.25. The van der Waals surface area contributed by atoms with Crippen molar-refractivity contribution in [1.29, 1.82) is 0 Å². The van der Waals surface area contributed by atoms with Gasteiger partial charge in [-0.2, -0.15) is 0 Å². The molecular weight excluding hydrogens is 440 g/mol. The molecule has 4 rings (SSSR count). The molecule has 3 aliphatic rings. The molecule has 6 atom stereocenters. The monoisotopic (exact) mass is 472 g/mol. The molecule has 9 nitrogen and oxygen atoms in total. The van der Waals surface area contributed by atoms with Crippen molar-refractivity contribution >= 4 is 17.8 Å². The van der Waals surface area contributed by atoms with Crippen LogP contribution in [0.4, 0.5) is 0 Å². The van der Waals surface area contributed by atoms with Crippen LogP contribution in [0, 0.1) is 11.8 Å². The van der Waals surface area contributed by atoms with Crippen molar-refractivity contribution in [3.63, 3.8) is 0 Å². The van der Waals surface area contributed by atoms with E-state index in [0.29, 0.717) is 19.4 Å². The Morgan fingerprint density at radius 3 is 2.32 bits per heavy atom. The highest BCUT2D eigenvalue weighted by Gasteiger charge is 2.68. The number of carboxylic acids is 1. The Morgan fingerprint density at radius 2 is 1.59 bits per heavy atom. The minimum absolute atomic E-state index is 0.0133. The van der Waals surface area contributed by atoms with E-state index in [1.54, 1.807) is 24.3 Å². The van der Waals surface area contributed by atoms with Crippen LogP contribution in [-0.4, -0.2) is 65.5 Å². The number of unbranched alkanes of at least 4 members (excludes halogenated alkanes) is 1. The van der Waals surface area contributed by atoms with Crippen molar-refractivity contribution in [3.05, 3.63) is 42.0 Å². The third kappa shape index (κ3) is 6.15. The summed E-state index contributed by atoms with van der Waals surface area (Å²) in [6, 6.07) is 6.69. The fourth-order valence-corrected chi connectivity index (χ4v) is 4.98. The maximum atomic E-state index is 12.3. The number of carbonyl (C=O) groups is 3. The molecule has 34 heavy (non-hydrogen) atoms. The first-order valence-electron chi connectivity index (χ1n) is 11.9. The van der Waals surface area contributed by atoms with Crippen molar-refractivity contribution in [2.24, 2.45) is 11.8 Å². The average molecular weight is 473 g/mol. The van der Waals surface area contributed by atoms with Crippen molar-refractivity contribution < 1.29 is 34.1 Å². The minimum atomic E-state index is -0.781. The third-order valence-corrected chi connectivity index (χ3v) is 6.81. The van der Waals surface area contributed by atoms with Crippen LogP contribution in [0.2, 0.25) is 0 Å². The number of aryl methyl sites for hydroxylation is 1. The van der Waals surface area contributed by atoms with E-state index >= 15 is 0 Å². The highest BCUT2D eigenvalue weighted by atomic mass is 16.7.